The Morgan fingerprint density at radius 1 is 1.31 bits per heavy atom. The van der Waals surface area contributed by atoms with E-state index in [0.29, 0.717) is 26.0 Å². The Labute approximate surface area is 154 Å². The molecule has 26 heavy (non-hydrogen) atoms. The lowest BCUT2D eigenvalue weighted by Crippen LogP contribution is -2.57. The van der Waals surface area contributed by atoms with Gasteiger partial charge in [0.2, 0.25) is 0 Å². The first-order chi connectivity index (χ1) is 12.4. The van der Waals surface area contributed by atoms with Crippen LogP contribution in [0.3, 0.4) is 0 Å². The van der Waals surface area contributed by atoms with Gasteiger partial charge < -0.3 is 14.6 Å². The number of carbonyl (C=O) groups excluding carboxylic acids is 2. The summed E-state index contributed by atoms with van der Waals surface area (Å²) in [5.41, 5.74) is 0.318. The molecule has 1 aromatic heterocycles. The van der Waals surface area contributed by atoms with Crippen molar-refractivity contribution in [1.29, 1.82) is 0 Å². The van der Waals surface area contributed by atoms with Gasteiger partial charge in [0.15, 0.2) is 0 Å². The van der Waals surface area contributed by atoms with Crippen LogP contribution in [0, 0.1) is 6.92 Å². The smallest absolute Gasteiger partial charge is 0.327 e. The highest BCUT2D eigenvalue weighted by molar-refractivity contribution is 6.07. The Balaban J connectivity index is 1.74. The number of hydrogen-bond acceptors (Lipinski definition) is 5. The SMILES string of the molecule is COCCN1C(=O)N(C(C)C)C(=O)C12CCN(Cc1ncc(C)[nH]1)CC2. The van der Waals surface area contributed by atoms with Gasteiger partial charge in [0.05, 0.1) is 13.2 Å². The third kappa shape index (κ3) is 3.23. The van der Waals surface area contributed by atoms with Crippen molar-refractivity contribution < 1.29 is 14.3 Å². The van der Waals surface area contributed by atoms with Crippen molar-refractivity contribution in [3.63, 3.8) is 0 Å². The van der Waals surface area contributed by atoms with E-state index in [2.05, 4.69) is 14.9 Å². The lowest BCUT2D eigenvalue weighted by atomic mass is 9.85. The fraction of sp³-hybridized carbons (Fsp3) is 0.722. The quantitative estimate of drug-likeness (QED) is 0.772. The first kappa shape index (κ1) is 18.8. The highest BCUT2D eigenvalue weighted by atomic mass is 16.5. The number of urea groups is 1. The van der Waals surface area contributed by atoms with Gasteiger partial charge in [0.1, 0.15) is 11.4 Å². The summed E-state index contributed by atoms with van der Waals surface area (Å²) in [5.74, 6) is 0.884. The number of nitrogens with one attached hydrogen (secondary N) is 1. The van der Waals surface area contributed by atoms with Crippen LogP contribution in [0.2, 0.25) is 0 Å². The van der Waals surface area contributed by atoms with Crippen LogP contribution in [0.5, 0.6) is 0 Å². The molecule has 0 atom stereocenters. The van der Waals surface area contributed by atoms with Gasteiger partial charge in [-0.15, -0.1) is 0 Å². The van der Waals surface area contributed by atoms with Crippen molar-refractivity contribution in [3.05, 3.63) is 17.7 Å². The predicted molar refractivity (Wildman–Crippen MR) is 96.5 cm³/mol. The van der Waals surface area contributed by atoms with Crippen molar-refractivity contribution in [2.45, 2.75) is 51.7 Å². The van der Waals surface area contributed by atoms with Gasteiger partial charge >= 0.3 is 6.03 Å². The fourth-order valence-electron chi connectivity index (χ4n) is 4.01. The van der Waals surface area contributed by atoms with Gasteiger partial charge in [-0.25, -0.2) is 9.78 Å². The highest BCUT2D eigenvalue weighted by Gasteiger charge is 2.58. The zero-order valence-corrected chi connectivity index (χ0v) is 16.1. The van der Waals surface area contributed by atoms with Crippen LogP contribution in [0.1, 0.15) is 38.2 Å². The maximum Gasteiger partial charge on any atom is 0.327 e. The molecular formula is C18H29N5O3. The average Bonchev–Trinajstić information content (AvgIpc) is 3.08. The molecule has 2 fully saturated rings. The number of hydrogen-bond donors (Lipinski definition) is 1. The number of aromatic nitrogens is 2. The number of rotatable bonds is 6. The van der Waals surface area contributed by atoms with Crippen LogP contribution in [-0.2, 0) is 16.1 Å². The molecule has 8 nitrogen and oxygen atoms in total. The number of aromatic amines is 1. The molecule has 3 heterocycles. The molecule has 0 aliphatic carbocycles. The lowest BCUT2D eigenvalue weighted by Gasteiger charge is -2.42. The summed E-state index contributed by atoms with van der Waals surface area (Å²) in [7, 11) is 1.61. The zero-order valence-electron chi connectivity index (χ0n) is 16.1. The Morgan fingerprint density at radius 2 is 2.00 bits per heavy atom. The summed E-state index contributed by atoms with van der Waals surface area (Å²) in [4.78, 5) is 39.1. The number of methoxy groups -OCH3 is 1. The minimum atomic E-state index is -0.727. The Hall–Kier alpha value is -1.93. The van der Waals surface area contributed by atoms with Gasteiger partial charge in [-0.2, -0.15) is 0 Å². The molecular weight excluding hydrogens is 334 g/mol. The lowest BCUT2D eigenvalue weighted by molar-refractivity contribution is -0.136. The second-order valence-electron chi connectivity index (χ2n) is 7.52. The number of ether oxygens (including phenoxy) is 1. The Kier molecular flexibility index (Phi) is 5.34. The first-order valence-electron chi connectivity index (χ1n) is 9.26. The molecule has 2 saturated heterocycles. The van der Waals surface area contributed by atoms with Crippen molar-refractivity contribution in [2.24, 2.45) is 0 Å². The molecule has 3 amide bonds. The average molecular weight is 363 g/mol. The number of likely N-dealkylation sites (tertiary alicyclic amines) is 1. The summed E-state index contributed by atoms with van der Waals surface area (Å²) >= 11 is 0. The van der Waals surface area contributed by atoms with Crippen molar-refractivity contribution in [2.75, 3.05) is 33.4 Å². The number of imidazole rings is 1. The normalized spacial score (nSPS) is 20.8. The maximum absolute atomic E-state index is 13.2. The highest BCUT2D eigenvalue weighted by Crippen LogP contribution is 2.38. The van der Waals surface area contributed by atoms with Crippen molar-refractivity contribution in [3.8, 4) is 0 Å². The van der Waals surface area contributed by atoms with Crippen LogP contribution < -0.4 is 0 Å². The molecule has 0 unspecified atom stereocenters. The van der Waals surface area contributed by atoms with E-state index in [4.69, 9.17) is 4.74 Å². The van der Waals surface area contributed by atoms with Crippen LogP contribution in [-0.4, -0.2) is 81.5 Å². The van der Waals surface area contributed by atoms with E-state index in [1.807, 2.05) is 27.0 Å². The van der Waals surface area contributed by atoms with Crippen molar-refractivity contribution in [1.82, 2.24) is 24.7 Å². The first-order valence-corrected chi connectivity index (χ1v) is 9.26. The molecule has 1 spiro atoms. The number of nitrogens with zero attached hydrogens (tertiary/aromatic N) is 4. The molecule has 1 aromatic rings. The molecule has 2 aliphatic rings. The van der Waals surface area contributed by atoms with E-state index in [1.54, 1.807) is 12.0 Å². The third-order valence-corrected chi connectivity index (χ3v) is 5.42. The molecule has 0 radical (unpaired) electrons. The number of H-pyrrole nitrogens is 1. The summed E-state index contributed by atoms with van der Waals surface area (Å²) in [6, 6.07) is -0.319. The van der Waals surface area contributed by atoms with Crippen LogP contribution in [0.4, 0.5) is 4.79 Å². The molecule has 0 bridgehead atoms. The standard InChI is InChI=1S/C18H29N5O3/c1-13(2)23-16(24)18(22(17(23)25)9-10-26-4)5-7-21(8-6-18)12-15-19-11-14(3)20-15/h11,13H,5-10,12H2,1-4H3,(H,19,20). The number of carbonyl (C=O) groups is 2. The van der Waals surface area contributed by atoms with E-state index in [9.17, 15) is 9.59 Å². The van der Waals surface area contributed by atoms with Crippen LogP contribution in [0.25, 0.3) is 0 Å². The largest absolute Gasteiger partial charge is 0.383 e. The summed E-state index contributed by atoms with van der Waals surface area (Å²) in [6.07, 6.45) is 3.11. The predicted octanol–water partition coefficient (Wildman–Crippen LogP) is 1.37. The maximum atomic E-state index is 13.2. The molecule has 2 aliphatic heterocycles. The van der Waals surface area contributed by atoms with Crippen LogP contribution >= 0.6 is 0 Å². The molecule has 3 rings (SSSR count). The molecule has 1 N–H and O–H groups in total. The topological polar surface area (TPSA) is 81.8 Å². The van der Waals surface area contributed by atoms with Crippen LogP contribution in [0.15, 0.2) is 6.20 Å². The summed E-state index contributed by atoms with van der Waals surface area (Å²) in [5, 5.41) is 0. The molecule has 0 aromatic carbocycles. The van der Waals surface area contributed by atoms with Gasteiger partial charge in [0.25, 0.3) is 5.91 Å². The fourth-order valence-corrected chi connectivity index (χ4v) is 4.01. The molecule has 8 heteroatoms. The number of aryl methyl sites for hydroxylation is 1. The number of amides is 3. The number of piperidine rings is 1. The monoisotopic (exact) mass is 363 g/mol. The van der Waals surface area contributed by atoms with Crippen molar-refractivity contribution >= 4 is 11.9 Å². The van der Waals surface area contributed by atoms with Gasteiger partial charge in [0, 0.05) is 44.7 Å². The Morgan fingerprint density at radius 3 is 2.54 bits per heavy atom. The van der Waals surface area contributed by atoms with Gasteiger partial charge in [-0.1, -0.05) is 0 Å². The van der Waals surface area contributed by atoms with Gasteiger partial charge in [-0.05, 0) is 33.6 Å². The minimum Gasteiger partial charge on any atom is -0.383 e. The molecule has 144 valence electrons. The Bertz CT molecular complexity index is 664. The summed E-state index contributed by atoms with van der Waals surface area (Å²) < 4.78 is 5.17. The third-order valence-electron chi connectivity index (χ3n) is 5.42. The zero-order chi connectivity index (χ0) is 18.9. The number of imide groups is 1. The van der Waals surface area contributed by atoms with Gasteiger partial charge in [-0.3, -0.25) is 14.6 Å². The second-order valence-corrected chi connectivity index (χ2v) is 7.52. The summed E-state index contributed by atoms with van der Waals surface area (Å²) in [6.45, 7) is 8.89. The van der Waals surface area contributed by atoms with E-state index in [0.717, 1.165) is 31.2 Å². The molecule has 0 saturated carbocycles. The second kappa shape index (κ2) is 7.36. The van der Waals surface area contributed by atoms with E-state index in [1.165, 1.54) is 4.90 Å². The minimum absolute atomic E-state index is 0.0536. The van der Waals surface area contributed by atoms with E-state index < -0.39 is 5.54 Å². The van der Waals surface area contributed by atoms with E-state index in [-0.39, 0.29) is 18.0 Å². The van der Waals surface area contributed by atoms with E-state index >= 15 is 0 Å².